The third kappa shape index (κ3) is 3.66. The quantitative estimate of drug-likeness (QED) is 0.911. The Morgan fingerprint density at radius 1 is 1.19 bits per heavy atom. The zero-order chi connectivity index (χ0) is 15.6. The van der Waals surface area contributed by atoms with E-state index >= 15 is 0 Å². The van der Waals surface area contributed by atoms with Gasteiger partial charge in [-0.25, -0.2) is 4.98 Å². The first-order chi connectivity index (χ1) is 9.92. The van der Waals surface area contributed by atoms with Crippen molar-refractivity contribution in [3.8, 4) is 5.88 Å². The second-order valence-corrected chi connectivity index (χ2v) is 6.78. The van der Waals surface area contributed by atoms with E-state index in [1.165, 1.54) is 12.8 Å². The number of ether oxygens (including phenoxy) is 1. The van der Waals surface area contributed by atoms with E-state index in [-0.39, 0.29) is 6.10 Å². The van der Waals surface area contributed by atoms with Gasteiger partial charge in [0.05, 0.1) is 5.56 Å². The first-order valence-corrected chi connectivity index (χ1v) is 8.12. The highest BCUT2D eigenvalue weighted by Crippen LogP contribution is 2.36. The van der Waals surface area contributed by atoms with Gasteiger partial charge in [-0.15, -0.1) is 0 Å². The Bertz CT molecular complexity index is 487. The number of rotatable bonds is 4. The van der Waals surface area contributed by atoms with Crippen molar-refractivity contribution in [2.75, 3.05) is 12.4 Å². The van der Waals surface area contributed by atoms with Crippen LogP contribution in [0.2, 0.25) is 0 Å². The van der Waals surface area contributed by atoms with Gasteiger partial charge in [0.2, 0.25) is 5.88 Å². The summed E-state index contributed by atoms with van der Waals surface area (Å²) >= 11 is 0. The number of hydrogen-bond acceptors (Lipinski definition) is 4. The molecule has 1 aromatic rings. The molecule has 0 aliphatic heterocycles. The van der Waals surface area contributed by atoms with Gasteiger partial charge >= 0.3 is 0 Å². The first-order valence-electron chi connectivity index (χ1n) is 8.12. The van der Waals surface area contributed by atoms with Crippen LogP contribution in [0.1, 0.15) is 51.4 Å². The van der Waals surface area contributed by atoms with Gasteiger partial charge in [0, 0.05) is 7.05 Å². The zero-order valence-corrected chi connectivity index (χ0v) is 14.2. The maximum atomic E-state index is 6.36. The summed E-state index contributed by atoms with van der Waals surface area (Å²) in [6.07, 6.45) is 3.96. The normalized spacial score (nSPS) is 26.0. The molecule has 4 heteroatoms. The predicted octanol–water partition coefficient (Wildman–Crippen LogP) is 3.97. The summed E-state index contributed by atoms with van der Waals surface area (Å²) in [7, 11) is 1.89. The van der Waals surface area contributed by atoms with E-state index < -0.39 is 0 Å². The highest BCUT2D eigenvalue weighted by Gasteiger charge is 2.33. The van der Waals surface area contributed by atoms with Crippen LogP contribution >= 0.6 is 0 Å². The SMILES string of the molecule is CNc1nc(C)nc(OC2CC(C)CCC2C(C)C)c1C. The van der Waals surface area contributed by atoms with Crippen LogP contribution in [-0.4, -0.2) is 23.1 Å². The van der Waals surface area contributed by atoms with E-state index in [4.69, 9.17) is 4.74 Å². The molecule has 0 aromatic carbocycles. The van der Waals surface area contributed by atoms with Crippen LogP contribution in [0.3, 0.4) is 0 Å². The second-order valence-electron chi connectivity index (χ2n) is 6.78. The molecule has 0 spiro atoms. The number of hydrogen-bond donors (Lipinski definition) is 1. The lowest BCUT2D eigenvalue weighted by Gasteiger charge is -2.37. The van der Waals surface area contributed by atoms with Crippen molar-refractivity contribution in [2.24, 2.45) is 17.8 Å². The molecule has 1 aliphatic rings. The van der Waals surface area contributed by atoms with Crippen molar-refractivity contribution in [3.05, 3.63) is 11.4 Å². The number of nitrogens with one attached hydrogen (secondary N) is 1. The minimum absolute atomic E-state index is 0.270. The molecule has 3 atom stereocenters. The number of aromatic nitrogens is 2. The number of anilines is 1. The Kier molecular flexibility index (Phi) is 5.07. The van der Waals surface area contributed by atoms with E-state index in [1.807, 2.05) is 20.9 Å². The molecule has 0 amide bonds. The summed E-state index contributed by atoms with van der Waals surface area (Å²) in [5, 5.41) is 3.13. The van der Waals surface area contributed by atoms with Gasteiger partial charge in [0.15, 0.2) is 0 Å². The maximum absolute atomic E-state index is 6.36. The summed E-state index contributed by atoms with van der Waals surface area (Å²) < 4.78 is 6.36. The molecule has 2 rings (SSSR count). The topological polar surface area (TPSA) is 47.0 Å². The van der Waals surface area contributed by atoms with Crippen LogP contribution in [0.4, 0.5) is 5.82 Å². The molecule has 0 radical (unpaired) electrons. The average Bonchev–Trinajstić information content (AvgIpc) is 2.42. The molecule has 1 N–H and O–H groups in total. The van der Waals surface area contributed by atoms with Crippen LogP contribution in [0.15, 0.2) is 0 Å². The molecular weight excluding hydrogens is 262 g/mol. The van der Waals surface area contributed by atoms with Gasteiger partial charge in [-0.1, -0.05) is 27.2 Å². The summed E-state index contributed by atoms with van der Waals surface area (Å²) in [4.78, 5) is 8.93. The molecule has 4 nitrogen and oxygen atoms in total. The van der Waals surface area contributed by atoms with Crippen molar-refractivity contribution < 1.29 is 4.74 Å². The molecule has 0 bridgehead atoms. The smallest absolute Gasteiger partial charge is 0.222 e. The Labute approximate surface area is 128 Å². The monoisotopic (exact) mass is 291 g/mol. The van der Waals surface area contributed by atoms with Crippen molar-refractivity contribution in [3.63, 3.8) is 0 Å². The van der Waals surface area contributed by atoms with Crippen molar-refractivity contribution in [1.82, 2.24) is 9.97 Å². The summed E-state index contributed by atoms with van der Waals surface area (Å²) in [6.45, 7) is 10.9. The molecule has 118 valence electrons. The van der Waals surface area contributed by atoms with Crippen LogP contribution in [0.5, 0.6) is 5.88 Å². The third-order valence-corrected chi connectivity index (χ3v) is 4.67. The fraction of sp³-hybridized carbons (Fsp3) is 0.765. The minimum atomic E-state index is 0.270. The van der Waals surface area contributed by atoms with E-state index in [1.54, 1.807) is 0 Å². The van der Waals surface area contributed by atoms with Crippen LogP contribution in [-0.2, 0) is 0 Å². The molecule has 1 aliphatic carbocycles. The molecule has 3 unspecified atom stereocenters. The number of aryl methyl sites for hydroxylation is 1. The molecule has 1 fully saturated rings. The Hall–Kier alpha value is -1.32. The van der Waals surface area contributed by atoms with Crippen LogP contribution < -0.4 is 10.1 Å². The second kappa shape index (κ2) is 6.63. The largest absolute Gasteiger partial charge is 0.474 e. The summed E-state index contributed by atoms with van der Waals surface area (Å²) in [5.74, 6) is 4.37. The third-order valence-electron chi connectivity index (χ3n) is 4.67. The van der Waals surface area contributed by atoms with Gasteiger partial charge in [0.25, 0.3) is 0 Å². The lowest BCUT2D eigenvalue weighted by Crippen LogP contribution is -2.36. The van der Waals surface area contributed by atoms with Gasteiger partial charge in [-0.05, 0) is 44.4 Å². The Morgan fingerprint density at radius 2 is 1.90 bits per heavy atom. The average molecular weight is 291 g/mol. The maximum Gasteiger partial charge on any atom is 0.222 e. The minimum Gasteiger partial charge on any atom is -0.474 e. The standard InChI is InChI=1S/C17H29N3O/c1-10(2)14-8-7-11(3)9-15(14)21-17-12(4)16(18-6)19-13(5)20-17/h10-11,14-15H,7-9H2,1-6H3,(H,18,19,20). The van der Waals surface area contributed by atoms with E-state index in [2.05, 4.69) is 36.1 Å². The van der Waals surface area contributed by atoms with Gasteiger partial charge in [0.1, 0.15) is 17.7 Å². The molecule has 1 heterocycles. The van der Waals surface area contributed by atoms with E-state index in [0.717, 1.165) is 35.4 Å². The predicted molar refractivity (Wildman–Crippen MR) is 86.8 cm³/mol. The lowest BCUT2D eigenvalue weighted by molar-refractivity contribution is 0.0419. The summed E-state index contributed by atoms with van der Waals surface area (Å²) in [6, 6.07) is 0. The summed E-state index contributed by atoms with van der Waals surface area (Å²) in [5.41, 5.74) is 1.00. The lowest BCUT2D eigenvalue weighted by atomic mass is 9.75. The highest BCUT2D eigenvalue weighted by atomic mass is 16.5. The van der Waals surface area contributed by atoms with Crippen LogP contribution in [0.25, 0.3) is 0 Å². The van der Waals surface area contributed by atoms with Crippen molar-refractivity contribution in [2.45, 2.75) is 60.0 Å². The van der Waals surface area contributed by atoms with Gasteiger partial charge in [-0.2, -0.15) is 4.98 Å². The first kappa shape index (κ1) is 16.1. The zero-order valence-electron chi connectivity index (χ0n) is 14.2. The number of nitrogens with zero attached hydrogens (tertiary/aromatic N) is 2. The van der Waals surface area contributed by atoms with Crippen molar-refractivity contribution in [1.29, 1.82) is 0 Å². The molecule has 1 saturated carbocycles. The Balaban J connectivity index is 2.24. The molecule has 0 saturated heterocycles. The fourth-order valence-electron chi connectivity index (χ4n) is 3.35. The Morgan fingerprint density at radius 3 is 2.52 bits per heavy atom. The fourth-order valence-corrected chi connectivity index (χ4v) is 3.35. The van der Waals surface area contributed by atoms with Gasteiger partial charge < -0.3 is 10.1 Å². The van der Waals surface area contributed by atoms with E-state index in [9.17, 15) is 0 Å². The van der Waals surface area contributed by atoms with Gasteiger partial charge in [-0.3, -0.25) is 0 Å². The highest BCUT2D eigenvalue weighted by molar-refractivity contribution is 5.48. The van der Waals surface area contributed by atoms with Crippen LogP contribution in [0, 0.1) is 31.6 Å². The molecular formula is C17H29N3O. The molecule has 1 aromatic heterocycles. The van der Waals surface area contributed by atoms with E-state index in [0.29, 0.717) is 11.8 Å². The molecule has 21 heavy (non-hydrogen) atoms. The van der Waals surface area contributed by atoms with Crippen molar-refractivity contribution >= 4 is 5.82 Å².